The first-order chi connectivity index (χ1) is 18.4. The molecule has 0 saturated carbocycles. The van der Waals surface area contributed by atoms with Gasteiger partial charge in [0.25, 0.3) is 0 Å². The summed E-state index contributed by atoms with van der Waals surface area (Å²) in [7, 11) is 4.78. The summed E-state index contributed by atoms with van der Waals surface area (Å²) in [5.41, 5.74) is 2.30. The molecule has 1 aliphatic heterocycles. The van der Waals surface area contributed by atoms with Crippen LogP contribution in [-0.4, -0.2) is 55.0 Å². The molecule has 8 nitrogen and oxygen atoms in total. The highest BCUT2D eigenvalue weighted by molar-refractivity contribution is 9.10. The van der Waals surface area contributed by atoms with Gasteiger partial charge in [-0.15, -0.1) is 0 Å². The highest BCUT2D eigenvalue weighted by Crippen LogP contribution is 2.32. The Morgan fingerprint density at radius 2 is 1.79 bits per heavy atom. The lowest BCUT2D eigenvalue weighted by Crippen LogP contribution is -2.46. The molecule has 10 heteroatoms. The molecule has 1 N–H and O–H groups in total. The lowest BCUT2D eigenvalue weighted by Gasteiger charge is -2.32. The molecule has 1 fully saturated rings. The van der Waals surface area contributed by atoms with Crippen LogP contribution in [0.2, 0.25) is 0 Å². The molecule has 0 unspecified atom stereocenters. The number of carbonyl (C=O) groups is 2. The second kappa shape index (κ2) is 12.8. The Kier molecular flexibility index (Phi) is 9.30. The van der Waals surface area contributed by atoms with Crippen molar-refractivity contribution in [2.75, 3.05) is 33.2 Å². The monoisotopic (exact) mass is 597 g/mol. The number of nitrogens with one attached hydrogen (secondary N) is 1. The quantitative estimate of drug-likeness (QED) is 0.341. The van der Waals surface area contributed by atoms with Gasteiger partial charge in [-0.25, -0.2) is 4.99 Å². The van der Waals surface area contributed by atoms with E-state index in [1.165, 1.54) is 11.8 Å². The Balaban J connectivity index is 1.56. The van der Waals surface area contributed by atoms with Gasteiger partial charge >= 0.3 is 0 Å². The maximum Gasteiger partial charge on any atom is 0.238 e. The lowest BCUT2D eigenvalue weighted by atomic mass is 10.1. The summed E-state index contributed by atoms with van der Waals surface area (Å²) >= 11 is 4.70. The predicted molar refractivity (Wildman–Crippen MR) is 154 cm³/mol. The van der Waals surface area contributed by atoms with Crippen LogP contribution in [0.15, 0.2) is 76.2 Å². The topological polar surface area (TPSA) is 89.5 Å². The van der Waals surface area contributed by atoms with Gasteiger partial charge in [0, 0.05) is 23.1 Å². The number of ether oxygens (including phenoxy) is 3. The minimum Gasteiger partial charge on any atom is -0.497 e. The fourth-order valence-electron chi connectivity index (χ4n) is 3.89. The van der Waals surface area contributed by atoms with E-state index in [1.807, 2.05) is 48.5 Å². The zero-order valence-electron chi connectivity index (χ0n) is 21.3. The molecule has 3 aromatic carbocycles. The number of carbonyl (C=O) groups excluding carboxylic acids is 2. The normalized spacial score (nSPS) is 16.3. The van der Waals surface area contributed by atoms with E-state index < -0.39 is 5.25 Å². The van der Waals surface area contributed by atoms with Gasteiger partial charge in [-0.3, -0.25) is 14.5 Å². The molecule has 0 radical (unpaired) electrons. The molecule has 1 heterocycles. The van der Waals surface area contributed by atoms with E-state index in [0.29, 0.717) is 46.8 Å². The Labute approximate surface area is 234 Å². The van der Waals surface area contributed by atoms with Crippen LogP contribution in [0.1, 0.15) is 12.0 Å². The zero-order valence-corrected chi connectivity index (χ0v) is 23.7. The maximum absolute atomic E-state index is 13.3. The van der Waals surface area contributed by atoms with Crippen molar-refractivity contribution in [3.63, 3.8) is 0 Å². The number of hydrogen-bond donors (Lipinski definition) is 1. The van der Waals surface area contributed by atoms with Crippen molar-refractivity contribution in [2.45, 2.75) is 18.1 Å². The lowest BCUT2D eigenvalue weighted by molar-refractivity contribution is -0.129. The SMILES string of the molecule is COc1ccc(N=C2S[C@H](C(=O)Nc3cccc(Br)c3)CC(=O)N2CCc2ccc(OC)c(OC)c2)cc1. The van der Waals surface area contributed by atoms with Crippen molar-refractivity contribution >= 4 is 56.0 Å². The molecule has 1 saturated heterocycles. The average molecular weight is 599 g/mol. The number of amidine groups is 1. The van der Waals surface area contributed by atoms with Crippen LogP contribution in [0.25, 0.3) is 0 Å². The molecular weight excluding hydrogens is 570 g/mol. The highest BCUT2D eigenvalue weighted by atomic mass is 79.9. The molecule has 1 atom stereocenters. The molecule has 0 aliphatic carbocycles. The Hall–Kier alpha value is -3.50. The summed E-state index contributed by atoms with van der Waals surface area (Å²) in [4.78, 5) is 32.8. The van der Waals surface area contributed by atoms with Gasteiger partial charge in [0.2, 0.25) is 11.8 Å². The van der Waals surface area contributed by atoms with Crippen LogP contribution in [-0.2, 0) is 16.0 Å². The van der Waals surface area contributed by atoms with Gasteiger partial charge in [-0.1, -0.05) is 39.8 Å². The summed E-state index contributed by atoms with van der Waals surface area (Å²) in [6.07, 6.45) is 0.640. The van der Waals surface area contributed by atoms with Crippen molar-refractivity contribution in [2.24, 2.45) is 4.99 Å². The molecule has 1 aliphatic rings. The van der Waals surface area contributed by atoms with Gasteiger partial charge in [0.15, 0.2) is 16.7 Å². The number of thioether (sulfide) groups is 1. The number of aliphatic imine (C=N–C) groups is 1. The molecule has 2 amide bonds. The highest BCUT2D eigenvalue weighted by Gasteiger charge is 2.36. The summed E-state index contributed by atoms with van der Waals surface area (Å²) in [6.45, 7) is 0.399. The van der Waals surface area contributed by atoms with Crippen molar-refractivity contribution < 1.29 is 23.8 Å². The first-order valence-electron chi connectivity index (χ1n) is 11.9. The number of halogens is 1. The summed E-state index contributed by atoms with van der Waals surface area (Å²) in [5.74, 6) is 1.56. The first kappa shape index (κ1) is 27.5. The predicted octanol–water partition coefficient (Wildman–Crippen LogP) is 5.68. The van der Waals surface area contributed by atoms with E-state index in [1.54, 1.807) is 44.4 Å². The van der Waals surface area contributed by atoms with E-state index >= 15 is 0 Å². The largest absolute Gasteiger partial charge is 0.497 e. The van der Waals surface area contributed by atoms with Crippen LogP contribution in [0.5, 0.6) is 17.2 Å². The molecule has 0 aromatic heterocycles. The smallest absolute Gasteiger partial charge is 0.238 e. The standard InChI is InChI=1S/C28H28BrN3O5S/c1-35-22-10-8-20(9-11-22)31-28-32(14-13-18-7-12-23(36-2)24(15-18)37-3)26(33)17-25(38-28)27(34)30-21-6-4-5-19(29)16-21/h4-12,15-16,25H,13-14,17H2,1-3H3,(H,30,34)/t25-/m0/s1. The third-order valence-corrected chi connectivity index (χ3v) is 7.57. The Morgan fingerprint density at radius 1 is 1.03 bits per heavy atom. The molecule has 4 rings (SSSR count). The summed E-state index contributed by atoms with van der Waals surface area (Å²) in [5, 5.41) is 2.77. The number of nitrogens with zero attached hydrogens (tertiary/aromatic N) is 2. The van der Waals surface area contributed by atoms with Crippen molar-refractivity contribution in [3.8, 4) is 17.2 Å². The number of hydrogen-bond acceptors (Lipinski definition) is 7. The Bertz CT molecular complexity index is 1330. The van der Waals surface area contributed by atoms with Crippen molar-refractivity contribution in [1.29, 1.82) is 0 Å². The van der Waals surface area contributed by atoms with E-state index in [4.69, 9.17) is 19.2 Å². The number of rotatable bonds is 9. The third kappa shape index (κ3) is 6.87. The molecular formula is C28H28BrN3O5S. The van der Waals surface area contributed by atoms with E-state index in [0.717, 1.165) is 10.0 Å². The number of methoxy groups -OCH3 is 3. The number of anilines is 1. The van der Waals surface area contributed by atoms with E-state index in [2.05, 4.69) is 21.2 Å². The van der Waals surface area contributed by atoms with E-state index in [-0.39, 0.29) is 18.2 Å². The van der Waals surface area contributed by atoms with Gasteiger partial charge in [0.05, 0.1) is 27.0 Å². The van der Waals surface area contributed by atoms with E-state index in [9.17, 15) is 9.59 Å². The fourth-order valence-corrected chi connectivity index (χ4v) is 5.42. The van der Waals surface area contributed by atoms with Gasteiger partial charge < -0.3 is 19.5 Å². The van der Waals surface area contributed by atoms with Crippen molar-refractivity contribution in [1.82, 2.24) is 4.90 Å². The van der Waals surface area contributed by atoms with Gasteiger partial charge in [-0.05, 0) is 66.6 Å². The zero-order chi connectivity index (χ0) is 27.1. The summed E-state index contributed by atoms with van der Waals surface area (Å²) < 4.78 is 16.8. The molecule has 0 bridgehead atoms. The molecule has 0 spiro atoms. The molecule has 198 valence electrons. The van der Waals surface area contributed by atoms with Crippen LogP contribution in [0.3, 0.4) is 0 Å². The second-order valence-corrected chi connectivity index (χ2v) is 10.5. The van der Waals surface area contributed by atoms with Crippen LogP contribution in [0, 0.1) is 0 Å². The second-order valence-electron chi connectivity index (χ2n) is 8.39. The van der Waals surface area contributed by atoms with Crippen LogP contribution < -0.4 is 19.5 Å². The minimum absolute atomic E-state index is 0.0675. The van der Waals surface area contributed by atoms with Crippen LogP contribution >= 0.6 is 27.7 Å². The van der Waals surface area contributed by atoms with Gasteiger partial charge in [-0.2, -0.15) is 0 Å². The van der Waals surface area contributed by atoms with Crippen LogP contribution in [0.4, 0.5) is 11.4 Å². The first-order valence-corrected chi connectivity index (χ1v) is 13.5. The molecule has 3 aromatic rings. The average Bonchev–Trinajstić information content (AvgIpc) is 2.92. The van der Waals surface area contributed by atoms with Gasteiger partial charge in [0.1, 0.15) is 11.0 Å². The Morgan fingerprint density at radius 3 is 2.47 bits per heavy atom. The number of amides is 2. The summed E-state index contributed by atoms with van der Waals surface area (Å²) in [6, 6.07) is 20.3. The minimum atomic E-state index is -0.615. The third-order valence-electron chi connectivity index (χ3n) is 5.89. The maximum atomic E-state index is 13.3. The molecule has 38 heavy (non-hydrogen) atoms. The van der Waals surface area contributed by atoms with Crippen molar-refractivity contribution in [3.05, 3.63) is 76.8 Å². The fraction of sp³-hybridized carbons (Fsp3) is 0.250. The number of benzene rings is 3.